The van der Waals surface area contributed by atoms with E-state index in [0.29, 0.717) is 6.54 Å². The number of nitrogens with zero attached hydrogens (tertiary/aromatic N) is 2. The van der Waals surface area contributed by atoms with E-state index in [-0.39, 0.29) is 24.0 Å². The van der Waals surface area contributed by atoms with Crippen molar-refractivity contribution >= 4 is 41.5 Å². The lowest BCUT2D eigenvalue weighted by atomic mass is 10.1. The van der Waals surface area contributed by atoms with E-state index in [9.17, 15) is 0 Å². The van der Waals surface area contributed by atoms with Crippen molar-refractivity contribution in [3.63, 3.8) is 0 Å². The minimum atomic E-state index is 0. The highest BCUT2D eigenvalue weighted by atomic mass is 127. The van der Waals surface area contributed by atoms with E-state index in [1.165, 1.54) is 5.56 Å². The number of halogens is 2. The van der Waals surface area contributed by atoms with Crippen LogP contribution in [0.5, 0.6) is 0 Å². The predicted molar refractivity (Wildman–Crippen MR) is 117 cm³/mol. The third kappa shape index (κ3) is 8.05. The normalized spacial score (nSPS) is 10.9. The highest BCUT2D eigenvalue weighted by Crippen LogP contribution is 2.15. The van der Waals surface area contributed by atoms with Gasteiger partial charge in [-0.05, 0) is 49.9 Å². The van der Waals surface area contributed by atoms with E-state index in [1.807, 2.05) is 43.5 Å². The molecule has 6 heteroatoms. The first-order valence-corrected chi connectivity index (χ1v) is 8.74. The maximum atomic E-state index is 6.18. The van der Waals surface area contributed by atoms with Gasteiger partial charge in [-0.25, -0.2) is 0 Å². The van der Waals surface area contributed by atoms with Gasteiger partial charge in [-0.3, -0.25) is 9.98 Å². The van der Waals surface area contributed by atoms with Gasteiger partial charge in [0.2, 0.25) is 0 Å². The molecule has 2 rings (SSSR count). The highest BCUT2D eigenvalue weighted by molar-refractivity contribution is 14.0. The van der Waals surface area contributed by atoms with Crippen molar-refractivity contribution in [3.05, 3.63) is 64.4 Å². The van der Waals surface area contributed by atoms with Gasteiger partial charge in [0, 0.05) is 36.5 Å². The Morgan fingerprint density at radius 2 is 1.92 bits per heavy atom. The molecule has 4 nitrogen and oxygen atoms in total. The van der Waals surface area contributed by atoms with Gasteiger partial charge in [-0.15, -0.1) is 24.0 Å². The van der Waals surface area contributed by atoms with Crippen LogP contribution in [-0.4, -0.2) is 30.6 Å². The number of aryl methyl sites for hydroxylation is 1. The minimum Gasteiger partial charge on any atom is -0.357 e. The lowest BCUT2D eigenvalue weighted by Crippen LogP contribution is -2.38. The molecule has 0 aliphatic rings. The summed E-state index contributed by atoms with van der Waals surface area (Å²) < 4.78 is 0. The van der Waals surface area contributed by atoms with E-state index in [2.05, 4.69) is 33.6 Å². The standard InChI is InChI=1S/C19H25ClN4.HI/c1-3-21-19(22-12-10-16-9-8-15(2)24-14-16)23-13-11-17-6-4-5-7-18(17)20;/h4-9,14H,3,10-13H2,1-2H3,(H2,21,22,23);1H. The molecule has 0 unspecified atom stereocenters. The van der Waals surface area contributed by atoms with Gasteiger partial charge < -0.3 is 10.6 Å². The van der Waals surface area contributed by atoms with E-state index < -0.39 is 0 Å². The van der Waals surface area contributed by atoms with Crippen LogP contribution in [0.2, 0.25) is 5.02 Å². The number of aromatic nitrogens is 1. The zero-order valence-corrected chi connectivity index (χ0v) is 17.8. The van der Waals surface area contributed by atoms with Crippen LogP contribution >= 0.6 is 35.6 Å². The third-order valence-electron chi connectivity index (χ3n) is 3.63. The van der Waals surface area contributed by atoms with Gasteiger partial charge in [0.25, 0.3) is 0 Å². The molecule has 2 aromatic rings. The second kappa shape index (κ2) is 12.1. The number of hydrogen-bond donors (Lipinski definition) is 2. The number of nitrogens with one attached hydrogen (secondary N) is 2. The molecule has 0 spiro atoms. The molecule has 0 bridgehead atoms. The average Bonchev–Trinajstić information content (AvgIpc) is 2.58. The van der Waals surface area contributed by atoms with Gasteiger partial charge in [-0.1, -0.05) is 35.9 Å². The molecular formula is C19H26ClIN4. The van der Waals surface area contributed by atoms with Gasteiger partial charge in [0.05, 0.1) is 0 Å². The monoisotopic (exact) mass is 472 g/mol. The van der Waals surface area contributed by atoms with E-state index >= 15 is 0 Å². The van der Waals surface area contributed by atoms with Crippen molar-refractivity contribution in [3.8, 4) is 0 Å². The molecule has 0 radical (unpaired) electrons. The minimum absolute atomic E-state index is 0. The summed E-state index contributed by atoms with van der Waals surface area (Å²) in [6, 6.07) is 12.1. The molecule has 1 aromatic heterocycles. The van der Waals surface area contributed by atoms with Gasteiger partial charge in [0.15, 0.2) is 5.96 Å². The van der Waals surface area contributed by atoms with Crippen molar-refractivity contribution in [1.82, 2.24) is 15.6 Å². The predicted octanol–water partition coefficient (Wildman–Crippen LogP) is 4.00. The molecule has 25 heavy (non-hydrogen) atoms. The molecule has 0 aliphatic carbocycles. The largest absolute Gasteiger partial charge is 0.357 e. The van der Waals surface area contributed by atoms with E-state index in [4.69, 9.17) is 11.6 Å². The maximum Gasteiger partial charge on any atom is 0.191 e. The second-order valence-electron chi connectivity index (χ2n) is 5.59. The molecule has 0 aliphatic heterocycles. The third-order valence-corrected chi connectivity index (χ3v) is 4.00. The van der Waals surface area contributed by atoms with Gasteiger partial charge in [0.1, 0.15) is 0 Å². The summed E-state index contributed by atoms with van der Waals surface area (Å²) in [4.78, 5) is 8.93. The number of benzene rings is 1. The molecule has 0 fully saturated rings. The Hall–Kier alpha value is -1.34. The van der Waals surface area contributed by atoms with Crippen LogP contribution in [0.3, 0.4) is 0 Å². The van der Waals surface area contributed by atoms with Crippen LogP contribution < -0.4 is 10.6 Å². The van der Waals surface area contributed by atoms with Crippen molar-refractivity contribution in [2.24, 2.45) is 4.99 Å². The van der Waals surface area contributed by atoms with Crippen LogP contribution in [-0.2, 0) is 12.8 Å². The molecule has 1 aromatic carbocycles. The van der Waals surface area contributed by atoms with E-state index in [0.717, 1.165) is 48.2 Å². The quantitative estimate of drug-likeness (QED) is 0.364. The lowest BCUT2D eigenvalue weighted by molar-refractivity contribution is 0.794. The van der Waals surface area contributed by atoms with Crippen LogP contribution in [0.4, 0.5) is 0 Å². The van der Waals surface area contributed by atoms with E-state index in [1.54, 1.807) is 0 Å². The Kier molecular flexibility index (Phi) is 10.5. The summed E-state index contributed by atoms with van der Waals surface area (Å²) in [6.45, 7) is 6.42. The Bertz CT molecular complexity index is 659. The van der Waals surface area contributed by atoms with Crippen LogP contribution in [0.1, 0.15) is 23.7 Å². The van der Waals surface area contributed by atoms with Crippen LogP contribution in [0, 0.1) is 6.92 Å². The Morgan fingerprint density at radius 3 is 2.60 bits per heavy atom. The fraction of sp³-hybridized carbons (Fsp3) is 0.368. The molecule has 2 N–H and O–H groups in total. The fourth-order valence-electron chi connectivity index (χ4n) is 2.30. The summed E-state index contributed by atoms with van der Waals surface area (Å²) in [5, 5.41) is 7.44. The maximum absolute atomic E-state index is 6.18. The molecule has 0 saturated carbocycles. The first kappa shape index (κ1) is 21.7. The first-order chi connectivity index (χ1) is 11.7. The van der Waals surface area contributed by atoms with Crippen molar-refractivity contribution in [2.75, 3.05) is 19.6 Å². The summed E-state index contributed by atoms with van der Waals surface area (Å²) in [5.74, 6) is 0.838. The van der Waals surface area contributed by atoms with Crippen molar-refractivity contribution in [1.29, 1.82) is 0 Å². The smallest absolute Gasteiger partial charge is 0.191 e. The molecule has 0 amide bonds. The van der Waals surface area contributed by atoms with Crippen LogP contribution in [0.25, 0.3) is 0 Å². The number of rotatable bonds is 7. The number of aliphatic imine (C=N–C) groups is 1. The SMILES string of the molecule is CCNC(=NCCc1ccccc1Cl)NCCc1ccc(C)nc1.I. The molecule has 0 saturated heterocycles. The Morgan fingerprint density at radius 1 is 1.12 bits per heavy atom. The average molecular weight is 473 g/mol. The lowest BCUT2D eigenvalue weighted by Gasteiger charge is -2.11. The number of hydrogen-bond acceptors (Lipinski definition) is 2. The second-order valence-corrected chi connectivity index (χ2v) is 5.99. The molecule has 136 valence electrons. The molecular weight excluding hydrogens is 447 g/mol. The first-order valence-electron chi connectivity index (χ1n) is 8.36. The summed E-state index contributed by atoms with van der Waals surface area (Å²) in [6.07, 6.45) is 3.68. The fourth-order valence-corrected chi connectivity index (χ4v) is 2.53. The zero-order chi connectivity index (χ0) is 17.2. The summed E-state index contributed by atoms with van der Waals surface area (Å²) in [5.41, 5.74) is 3.39. The number of pyridine rings is 1. The van der Waals surface area contributed by atoms with Crippen molar-refractivity contribution < 1.29 is 0 Å². The summed E-state index contributed by atoms with van der Waals surface area (Å²) in [7, 11) is 0. The summed E-state index contributed by atoms with van der Waals surface area (Å²) >= 11 is 6.18. The highest BCUT2D eigenvalue weighted by Gasteiger charge is 2.00. The number of guanidine groups is 1. The topological polar surface area (TPSA) is 49.3 Å². The van der Waals surface area contributed by atoms with Crippen LogP contribution in [0.15, 0.2) is 47.6 Å². The Labute approximate surface area is 172 Å². The Balaban J connectivity index is 0.00000312. The molecule has 0 atom stereocenters. The van der Waals surface area contributed by atoms with Gasteiger partial charge >= 0.3 is 0 Å². The zero-order valence-electron chi connectivity index (χ0n) is 14.8. The van der Waals surface area contributed by atoms with Crippen molar-refractivity contribution in [2.45, 2.75) is 26.7 Å². The molecule has 1 heterocycles. The van der Waals surface area contributed by atoms with Gasteiger partial charge in [-0.2, -0.15) is 0 Å².